The van der Waals surface area contributed by atoms with Crippen molar-refractivity contribution in [3.8, 4) is 0 Å². The van der Waals surface area contributed by atoms with E-state index < -0.39 is 0 Å². The summed E-state index contributed by atoms with van der Waals surface area (Å²) in [6.07, 6.45) is 0. The summed E-state index contributed by atoms with van der Waals surface area (Å²) in [6.45, 7) is 0.472. The van der Waals surface area contributed by atoms with Gasteiger partial charge in [0, 0.05) is 13.6 Å². The first-order valence-electron chi connectivity index (χ1n) is 7.08. The van der Waals surface area contributed by atoms with Gasteiger partial charge in [0.05, 0.1) is 16.0 Å². The molecule has 0 fully saturated rings. The minimum absolute atomic E-state index is 0.0265. The number of hydrogen-bond acceptors (Lipinski definition) is 4. The lowest BCUT2D eigenvalue weighted by Crippen LogP contribution is -2.27. The van der Waals surface area contributed by atoms with Gasteiger partial charge in [-0.15, -0.1) is 11.3 Å². The molecule has 0 bridgehead atoms. The molecular weight excluding hydrogens is 331 g/mol. The maximum atomic E-state index is 12.9. The van der Waals surface area contributed by atoms with E-state index in [0.717, 1.165) is 20.1 Å². The average molecular weight is 346 g/mol. The first-order valence-corrected chi connectivity index (χ1v) is 8.89. The number of aromatic nitrogens is 1. The minimum atomic E-state index is -0.269. The van der Waals surface area contributed by atoms with Crippen LogP contribution in [0.2, 0.25) is 0 Å². The Hall–Kier alpha value is -1.92. The summed E-state index contributed by atoms with van der Waals surface area (Å²) >= 11 is 3.05. The van der Waals surface area contributed by atoms with E-state index >= 15 is 0 Å². The Kier molecular flexibility index (Phi) is 4.93. The monoisotopic (exact) mass is 346 g/mol. The molecule has 0 radical (unpaired) electrons. The van der Waals surface area contributed by atoms with Gasteiger partial charge in [-0.05, 0) is 29.8 Å². The van der Waals surface area contributed by atoms with Crippen molar-refractivity contribution in [2.24, 2.45) is 0 Å². The van der Waals surface area contributed by atoms with E-state index in [2.05, 4.69) is 4.98 Å². The molecule has 3 nitrogen and oxygen atoms in total. The first-order chi connectivity index (χ1) is 11.1. The highest BCUT2D eigenvalue weighted by molar-refractivity contribution is 8.01. The highest BCUT2D eigenvalue weighted by Gasteiger charge is 2.12. The van der Waals surface area contributed by atoms with Crippen LogP contribution in [-0.2, 0) is 11.3 Å². The number of amides is 1. The van der Waals surface area contributed by atoms with Crippen molar-refractivity contribution < 1.29 is 9.18 Å². The van der Waals surface area contributed by atoms with Gasteiger partial charge < -0.3 is 4.90 Å². The number of carbonyl (C=O) groups is 1. The smallest absolute Gasteiger partial charge is 0.233 e. The van der Waals surface area contributed by atoms with Gasteiger partial charge in [-0.1, -0.05) is 36.0 Å². The highest BCUT2D eigenvalue weighted by Crippen LogP contribution is 2.29. The average Bonchev–Trinajstić information content (AvgIpc) is 2.97. The van der Waals surface area contributed by atoms with Crippen LogP contribution in [0, 0.1) is 5.82 Å². The van der Waals surface area contributed by atoms with Crippen LogP contribution in [0.5, 0.6) is 0 Å². The molecule has 0 spiro atoms. The zero-order valence-corrected chi connectivity index (χ0v) is 14.2. The maximum Gasteiger partial charge on any atom is 0.233 e. The Morgan fingerprint density at radius 3 is 2.70 bits per heavy atom. The van der Waals surface area contributed by atoms with E-state index in [1.807, 2.05) is 24.3 Å². The van der Waals surface area contributed by atoms with E-state index in [9.17, 15) is 9.18 Å². The lowest BCUT2D eigenvalue weighted by Gasteiger charge is -2.16. The number of halogens is 1. The summed E-state index contributed by atoms with van der Waals surface area (Å²) in [6, 6.07) is 14.1. The number of thiazole rings is 1. The Morgan fingerprint density at radius 2 is 1.96 bits per heavy atom. The van der Waals surface area contributed by atoms with Crippen LogP contribution in [0.25, 0.3) is 10.2 Å². The van der Waals surface area contributed by atoms with E-state index in [1.165, 1.54) is 23.9 Å². The predicted octanol–water partition coefficient (Wildman–Crippen LogP) is 4.19. The quantitative estimate of drug-likeness (QED) is 0.650. The summed E-state index contributed by atoms with van der Waals surface area (Å²) in [5.74, 6) is 0.102. The fraction of sp³-hybridized carbons (Fsp3) is 0.176. The number of fused-ring (bicyclic) bond motifs is 1. The van der Waals surface area contributed by atoms with Gasteiger partial charge in [0.2, 0.25) is 5.91 Å². The van der Waals surface area contributed by atoms with Crippen LogP contribution in [0.1, 0.15) is 5.56 Å². The molecule has 0 aliphatic rings. The van der Waals surface area contributed by atoms with Gasteiger partial charge in [0.25, 0.3) is 0 Å². The molecule has 0 unspecified atom stereocenters. The molecule has 0 aliphatic carbocycles. The van der Waals surface area contributed by atoms with Crippen molar-refractivity contribution in [2.45, 2.75) is 10.9 Å². The van der Waals surface area contributed by atoms with Crippen LogP contribution < -0.4 is 0 Å². The van der Waals surface area contributed by atoms with Crippen molar-refractivity contribution in [2.75, 3.05) is 12.8 Å². The predicted molar refractivity (Wildman–Crippen MR) is 93.2 cm³/mol. The molecule has 2 aromatic carbocycles. The number of rotatable bonds is 5. The van der Waals surface area contributed by atoms with Crippen molar-refractivity contribution in [1.82, 2.24) is 9.88 Å². The molecule has 0 saturated carbocycles. The van der Waals surface area contributed by atoms with Gasteiger partial charge in [-0.25, -0.2) is 9.37 Å². The molecule has 1 amide bonds. The standard InChI is InChI=1S/C17H15FN2OS2/c1-20(10-12-6-8-13(18)9-7-12)16(21)11-22-17-19-14-4-2-3-5-15(14)23-17/h2-9H,10-11H2,1H3. The SMILES string of the molecule is CN(Cc1ccc(F)cc1)C(=O)CSc1nc2ccccc2s1. The Bertz CT molecular complexity index is 784. The van der Waals surface area contributed by atoms with Crippen molar-refractivity contribution >= 4 is 39.2 Å². The summed E-state index contributed by atoms with van der Waals surface area (Å²) in [5, 5.41) is 0. The summed E-state index contributed by atoms with van der Waals surface area (Å²) in [4.78, 5) is 18.4. The molecule has 0 N–H and O–H groups in total. The third kappa shape index (κ3) is 4.09. The fourth-order valence-corrected chi connectivity index (χ4v) is 4.11. The Labute approximate surface area is 142 Å². The molecule has 23 heavy (non-hydrogen) atoms. The van der Waals surface area contributed by atoms with Crippen molar-refractivity contribution in [3.05, 3.63) is 59.9 Å². The molecule has 3 rings (SSSR count). The molecular formula is C17H15FN2OS2. The third-order valence-electron chi connectivity index (χ3n) is 3.35. The van der Waals surface area contributed by atoms with E-state index in [0.29, 0.717) is 12.3 Å². The maximum absolute atomic E-state index is 12.9. The zero-order chi connectivity index (χ0) is 16.2. The second kappa shape index (κ2) is 7.10. The van der Waals surface area contributed by atoms with Gasteiger partial charge in [-0.2, -0.15) is 0 Å². The van der Waals surface area contributed by atoms with Gasteiger partial charge >= 0.3 is 0 Å². The topological polar surface area (TPSA) is 33.2 Å². The molecule has 1 heterocycles. The van der Waals surface area contributed by atoms with E-state index in [4.69, 9.17) is 0 Å². The number of thioether (sulfide) groups is 1. The van der Waals surface area contributed by atoms with Gasteiger partial charge in [-0.3, -0.25) is 4.79 Å². The number of nitrogens with zero attached hydrogens (tertiary/aromatic N) is 2. The minimum Gasteiger partial charge on any atom is -0.341 e. The molecule has 118 valence electrons. The van der Waals surface area contributed by atoms with Crippen molar-refractivity contribution in [3.63, 3.8) is 0 Å². The summed E-state index contributed by atoms with van der Waals surface area (Å²) in [7, 11) is 1.75. The molecule has 0 atom stereocenters. The fourth-order valence-electron chi connectivity index (χ4n) is 2.10. The first kappa shape index (κ1) is 16.0. The second-order valence-corrected chi connectivity index (χ2v) is 7.37. The van der Waals surface area contributed by atoms with Crippen LogP contribution in [0.3, 0.4) is 0 Å². The Balaban J connectivity index is 1.56. The number of hydrogen-bond donors (Lipinski definition) is 0. The number of para-hydroxylation sites is 1. The van der Waals surface area contributed by atoms with Gasteiger partial charge in [0.15, 0.2) is 4.34 Å². The molecule has 0 aliphatic heterocycles. The van der Waals surface area contributed by atoms with Crippen LogP contribution in [-0.4, -0.2) is 28.6 Å². The van der Waals surface area contributed by atoms with E-state index in [-0.39, 0.29) is 11.7 Å². The normalized spacial score (nSPS) is 10.9. The largest absolute Gasteiger partial charge is 0.341 e. The number of carbonyl (C=O) groups excluding carboxylic acids is 1. The van der Waals surface area contributed by atoms with Crippen molar-refractivity contribution in [1.29, 1.82) is 0 Å². The molecule has 1 aromatic heterocycles. The molecule has 3 aromatic rings. The van der Waals surface area contributed by atoms with Crippen LogP contribution in [0.15, 0.2) is 52.9 Å². The summed E-state index contributed by atoms with van der Waals surface area (Å²) < 4.78 is 14.9. The van der Waals surface area contributed by atoms with Crippen LogP contribution in [0.4, 0.5) is 4.39 Å². The highest BCUT2D eigenvalue weighted by atomic mass is 32.2. The number of benzene rings is 2. The third-order valence-corrected chi connectivity index (χ3v) is 5.52. The zero-order valence-electron chi connectivity index (χ0n) is 12.5. The van der Waals surface area contributed by atoms with Crippen LogP contribution >= 0.6 is 23.1 Å². The molecule has 0 saturated heterocycles. The molecule has 6 heteroatoms. The summed E-state index contributed by atoms with van der Waals surface area (Å²) in [5.41, 5.74) is 1.87. The van der Waals surface area contributed by atoms with E-state index in [1.54, 1.807) is 35.4 Å². The van der Waals surface area contributed by atoms with Gasteiger partial charge in [0.1, 0.15) is 5.82 Å². The lowest BCUT2D eigenvalue weighted by molar-refractivity contribution is -0.127. The second-order valence-electron chi connectivity index (χ2n) is 5.11. The lowest BCUT2D eigenvalue weighted by atomic mass is 10.2. The Morgan fingerprint density at radius 1 is 1.22 bits per heavy atom.